The van der Waals surface area contributed by atoms with Crippen LogP contribution in [-0.4, -0.2) is 20.3 Å². The third kappa shape index (κ3) is 6.19. The zero-order chi connectivity index (χ0) is 12.7. The Morgan fingerprint density at radius 2 is 1.94 bits per heavy atom. The summed E-state index contributed by atoms with van der Waals surface area (Å²) in [5.41, 5.74) is 0.813. The molecule has 0 aliphatic carbocycles. The van der Waals surface area contributed by atoms with Gasteiger partial charge in [-0.2, -0.15) is 0 Å². The number of rotatable bonds is 7. The van der Waals surface area contributed by atoms with Gasteiger partial charge < -0.3 is 0 Å². The molecule has 1 aromatic carbocycles. The molecule has 1 unspecified atom stereocenters. The maximum atomic E-state index is 11.8. The van der Waals surface area contributed by atoms with Gasteiger partial charge in [0.1, 0.15) is 0 Å². The average molecular weight is 320 g/mol. The second-order valence-corrected chi connectivity index (χ2v) is 6.78. The van der Waals surface area contributed by atoms with Gasteiger partial charge in [-0.15, -0.1) is 0 Å². The monoisotopic (exact) mass is 319 g/mol. The number of benzene rings is 1. The van der Waals surface area contributed by atoms with Crippen molar-refractivity contribution in [2.45, 2.75) is 19.1 Å². The van der Waals surface area contributed by atoms with Crippen LogP contribution in [0.25, 0.3) is 0 Å². The summed E-state index contributed by atoms with van der Waals surface area (Å²) >= 11 is 3.35. The molecule has 17 heavy (non-hydrogen) atoms. The topological polar surface area (TPSA) is 46.2 Å². The van der Waals surface area contributed by atoms with Gasteiger partial charge in [-0.25, -0.2) is 13.1 Å². The molecule has 3 nitrogen and oxygen atoms in total. The van der Waals surface area contributed by atoms with Gasteiger partial charge in [0.15, 0.2) is 0 Å². The molecule has 0 saturated carbocycles. The fourth-order valence-corrected chi connectivity index (χ4v) is 3.46. The lowest BCUT2D eigenvalue weighted by atomic mass is 10.1. The molecule has 0 bridgehead atoms. The Hall–Kier alpha value is -0.390. The van der Waals surface area contributed by atoms with Gasteiger partial charge in [0.05, 0.1) is 5.75 Å². The van der Waals surface area contributed by atoms with Crippen LogP contribution >= 0.6 is 15.9 Å². The summed E-state index contributed by atoms with van der Waals surface area (Å²) in [4.78, 5) is 0. The molecule has 0 radical (unpaired) electrons. The van der Waals surface area contributed by atoms with Crippen LogP contribution in [0.3, 0.4) is 0 Å². The molecule has 0 saturated heterocycles. The van der Waals surface area contributed by atoms with Crippen molar-refractivity contribution < 1.29 is 8.42 Å². The Labute approximate surface area is 112 Å². The standard InChI is InChI=1S/C12H18BrNO2S/c1-11(7-8-13)9-14-17(15,16)10-12-5-3-2-4-6-12/h2-6,11,14H,7-10H2,1H3. The van der Waals surface area contributed by atoms with E-state index in [2.05, 4.69) is 20.7 Å². The number of hydrogen-bond donors (Lipinski definition) is 1. The highest BCUT2D eigenvalue weighted by molar-refractivity contribution is 9.09. The minimum Gasteiger partial charge on any atom is -0.215 e. The van der Waals surface area contributed by atoms with Gasteiger partial charge >= 0.3 is 0 Å². The van der Waals surface area contributed by atoms with E-state index in [1.165, 1.54) is 0 Å². The van der Waals surface area contributed by atoms with Crippen molar-refractivity contribution >= 4 is 26.0 Å². The summed E-state index contributed by atoms with van der Waals surface area (Å²) in [6.45, 7) is 2.53. The van der Waals surface area contributed by atoms with Crippen molar-refractivity contribution in [3.05, 3.63) is 35.9 Å². The van der Waals surface area contributed by atoms with E-state index < -0.39 is 10.0 Å². The SMILES string of the molecule is CC(CCBr)CNS(=O)(=O)Cc1ccccc1. The number of halogens is 1. The largest absolute Gasteiger partial charge is 0.215 e. The summed E-state index contributed by atoms with van der Waals surface area (Å²) in [5, 5.41) is 0.897. The first-order valence-corrected chi connectivity index (χ1v) is 8.38. The minimum atomic E-state index is -3.21. The fourth-order valence-electron chi connectivity index (χ4n) is 1.40. The zero-order valence-electron chi connectivity index (χ0n) is 9.90. The van der Waals surface area contributed by atoms with E-state index in [-0.39, 0.29) is 5.75 Å². The Bertz CT molecular complexity index is 419. The Morgan fingerprint density at radius 3 is 2.53 bits per heavy atom. The Morgan fingerprint density at radius 1 is 1.29 bits per heavy atom. The van der Waals surface area contributed by atoms with Crippen LogP contribution in [0.2, 0.25) is 0 Å². The molecule has 0 fully saturated rings. The van der Waals surface area contributed by atoms with Gasteiger partial charge in [0.2, 0.25) is 10.0 Å². The molecule has 1 N–H and O–H groups in total. The summed E-state index contributed by atoms with van der Waals surface area (Å²) < 4.78 is 26.2. The quantitative estimate of drug-likeness (QED) is 0.785. The molecule has 0 aliphatic heterocycles. The van der Waals surface area contributed by atoms with E-state index in [1.807, 2.05) is 37.3 Å². The normalized spacial score (nSPS) is 13.5. The maximum absolute atomic E-state index is 11.8. The highest BCUT2D eigenvalue weighted by Gasteiger charge is 2.12. The first-order chi connectivity index (χ1) is 8.03. The molecule has 0 spiro atoms. The number of alkyl halides is 1. The van der Waals surface area contributed by atoms with E-state index in [0.717, 1.165) is 17.3 Å². The van der Waals surface area contributed by atoms with Gasteiger partial charge in [-0.1, -0.05) is 53.2 Å². The smallest absolute Gasteiger partial charge is 0.215 e. The highest BCUT2D eigenvalue weighted by atomic mass is 79.9. The lowest BCUT2D eigenvalue weighted by Crippen LogP contribution is -2.29. The molecule has 1 atom stereocenters. The van der Waals surface area contributed by atoms with E-state index >= 15 is 0 Å². The van der Waals surface area contributed by atoms with Crippen LogP contribution in [0, 0.1) is 5.92 Å². The first-order valence-electron chi connectivity index (χ1n) is 5.61. The lowest BCUT2D eigenvalue weighted by molar-refractivity contribution is 0.531. The molecular formula is C12H18BrNO2S. The molecule has 1 aromatic rings. The van der Waals surface area contributed by atoms with Crippen LogP contribution in [-0.2, 0) is 15.8 Å². The average Bonchev–Trinajstić information content (AvgIpc) is 2.28. The van der Waals surface area contributed by atoms with Crippen LogP contribution in [0.1, 0.15) is 18.9 Å². The summed E-state index contributed by atoms with van der Waals surface area (Å²) in [6.07, 6.45) is 0.966. The molecule has 96 valence electrons. The number of hydrogen-bond acceptors (Lipinski definition) is 2. The maximum Gasteiger partial charge on any atom is 0.215 e. The van der Waals surface area contributed by atoms with Crippen molar-refractivity contribution in [1.29, 1.82) is 0 Å². The van der Waals surface area contributed by atoms with Gasteiger partial charge in [0.25, 0.3) is 0 Å². The van der Waals surface area contributed by atoms with E-state index in [1.54, 1.807) is 0 Å². The van der Waals surface area contributed by atoms with Crippen LogP contribution < -0.4 is 4.72 Å². The molecule has 1 rings (SSSR count). The van der Waals surface area contributed by atoms with E-state index in [4.69, 9.17) is 0 Å². The highest BCUT2D eigenvalue weighted by Crippen LogP contribution is 2.06. The van der Waals surface area contributed by atoms with Crippen molar-refractivity contribution in [2.75, 3.05) is 11.9 Å². The molecule has 5 heteroatoms. The predicted octanol–water partition coefficient (Wildman–Crippen LogP) is 2.53. The molecule has 0 aromatic heterocycles. The van der Waals surface area contributed by atoms with E-state index in [9.17, 15) is 8.42 Å². The van der Waals surface area contributed by atoms with E-state index in [0.29, 0.717) is 12.5 Å². The summed E-state index contributed by atoms with van der Waals surface area (Å²) in [7, 11) is -3.21. The van der Waals surface area contributed by atoms with Crippen molar-refractivity contribution in [3.63, 3.8) is 0 Å². The molecule has 0 heterocycles. The van der Waals surface area contributed by atoms with Crippen molar-refractivity contribution in [3.8, 4) is 0 Å². The number of sulfonamides is 1. The zero-order valence-corrected chi connectivity index (χ0v) is 12.3. The third-order valence-electron chi connectivity index (χ3n) is 2.45. The molecule has 0 amide bonds. The predicted molar refractivity (Wildman–Crippen MR) is 74.6 cm³/mol. The Kier molecular flexibility index (Phi) is 6.16. The van der Waals surface area contributed by atoms with Crippen molar-refractivity contribution in [2.24, 2.45) is 5.92 Å². The lowest BCUT2D eigenvalue weighted by Gasteiger charge is -2.11. The van der Waals surface area contributed by atoms with Gasteiger partial charge in [-0.3, -0.25) is 0 Å². The fraction of sp³-hybridized carbons (Fsp3) is 0.500. The second-order valence-electron chi connectivity index (χ2n) is 4.18. The van der Waals surface area contributed by atoms with Crippen LogP contribution in [0.5, 0.6) is 0 Å². The first kappa shape index (κ1) is 14.7. The molecule has 0 aliphatic rings. The molecular weight excluding hydrogens is 302 g/mol. The number of nitrogens with one attached hydrogen (secondary N) is 1. The summed E-state index contributed by atoms with van der Waals surface area (Å²) in [5.74, 6) is 0.398. The Balaban J connectivity index is 2.47. The van der Waals surface area contributed by atoms with Crippen LogP contribution in [0.4, 0.5) is 0 Å². The van der Waals surface area contributed by atoms with Crippen molar-refractivity contribution in [1.82, 2.24) is 4.72 Å². The third-order valence-corrected chi connectivity index (χ3v) is 4.23. The minimum absolute atomic E-state index is 0.0505. The second kappa shape index (κ2) is 7.13. The van der Waals surface area contributed by atoms with Gasteiger partial charge in [0, 0.05) is 11.9 Å². The van der Waals surface area contributed by atoms with Gasteiger partial charge in [-0.05, 0) is 17.9 Å². The van der Waals surface area contributed by atoms with Crippen LogP contribution in [0.15, 0.2) is 30.3 Å². The summed E-state index contributed by atoms with van der Waals surface area (Å²) in [6, 6.07) is 9.21.